The van der Waals surface area contributed by atoms with E-state index >= 15 is 0 Å². The van der Waals surface area contributed by atoms with Crippen molar-refractivity contribution < 1.29 is 13.9 Å². The molecule has 0 radical (unpaired) electrons. The molecule has 6 nitrogen and oxygen atoms in total. The number of amides is 1. The van der Waals surface area contributed by atoms with E-state index in [0.717, 1.165) is 83.9 Å². The molecule has 4 rings (SSSR count). The Morgan fingerprint density at radius 3 is 2.34 bits per heavy atom. The van der Waals surface area contributed by atoms with Gasteiger partial charge >= 0.3 is 0 Å². The molecule has 3 aliphatic rings. The molecule has 3 fully saturated rings. The fourth-order valence-electron chi connectivity index (χ4n) is 4.90. The van der Waals surface area contributed by atoms with Gasteiger partial charge in [0.15, 0.2) is 0 Å². The topological polar surface area (TPSA) is 62.0 Å². The molecule has 1 aromatic carbocycles. The number of hydrogen-bond donors (Lipinski definition) is 1. The number of piperazine rings is 1. The molecule has 0 spiro atoms. The summed E-state index contributed by atoms with van der Waals surface area (Å²) in [4.78, 5) is 20.0. The summed E-state index contributed by atoms with van der Waals surface area (Å²) in [7, 11) is 0. The Kier molecular flexibility index (Phi) is 6.67. The molecule has 3 saturated heterocycles. The van der Waals surface area contributed by atoms with E-state index in [1.165, 1.54) is 12.1 Å². The van der Waals surface area contributed by atoms with Gasteiger partial charge in [-0.3, -0.25) is 9.69 Å². The van der Waals surface area contributed by atoms with Crippen LogP contribution in [0.2, 0.25) is 0 Å². The van der Waals surface area contributed by atoms with E-state index in [9.17, 15) is 9.18 Å². The van der Waals surface area contributed by atoms with E-state index in [4.69, 9.17) is 10.5 Å². The zero-order chi connectivity index (χ0) is 20.2. The van der Waals surface area contributed by atoms with Gasteiger partial charge in [0.25, 0.3) is 0 Å². The Morgan fingerprint density at radius 2 is 1.66 bits per heavy atom. The molecule has 1 amide bonds. The molecule has 0 unspecified atom stereocenters. The molecule has 0 aromatic heterocycles. The smallest absolute Gasteiger partial charge is 0.227 e. The summed E-state index contributed by atoms with van der Waals surface area (Å²) in [6, 6.07) is 7.24. The van der Waals surface area contributed by atoms with E-state index in [-0.39, 0.29) is 23.7 Å². The summed E-state index contributed by atoms with van der Waals surface area (Å²) in [5.74, 6) is 0.0851. The quantitative estimate of drug-likeness (QED) is 0.831. The highest BCUT2D eigenvalue weighted by Gasteiger charge is 2.34. The van der Waals surface area contributed by atoms with Gasteiger partial charge in [0, 0.05) is 70.3 Å². The standard InChI is InChI=1S/C22H33FN4O2/c23-18-2-5-20(6-3-18)25-9-11-26(12-10-25)22(28)17-1-4-19(24)16-27(15-17)21-7-13-29-14-8-21/h2-3,5-6,17,19,21H,1,4,7-16,24H2/t17-,19+/m1/s1. The summed E-state index contributed by atoms with van der Waals surface area (Å²) >= 11 is 0. The number of ether oxygens (including phenoxy) is 1. The molecular weight excluding hydrogens is 371 g/mol. The van der Waals surface area contributed by atoms with Gasteiger partial charge in [-0.05, 0) is 49.9 Å². The lowest BCUT2D eigenvalue weighted by Gasteiger charge is -2.39. The lowest BCUT2D eigenvalue weighted by molar-refractivity contribution is -0.136. The molecule has 2 N–H and O–H groups in total. The number of anilines is 1. The third-order valence-electron chi connectivity index (χ3n) is 6.65. The molecule has 3 heterocycles. The fourth-order valence-corrected chi connectivity index (χ4v) is 4.90. The average molecular weight is 405 g/mol. The Balaban J connectivity index is 1.35. The van der Waals surface area contributed by atoms with Crippen LogP contribution >= 0.6 is 0 Å². The lowest BCUT2D eigenvalue weighted by atomic mass is 9.99. The molecule has 7 heteroatoms. The van der Waals surface area contributed by atoms with E-state index in [1.54, 1.807) is 0 Å². The van der Waals surface area contributed by atoms with Crippen molar-refractivity contribution in [2.75, 3.05) is 57.4 Å². The number of halogens is 1. The minimum atomic E-state index is -0.219. The van der Waals surface area contributed by atoms with Crippen LogP contribution in [0.3, 0.4) is 0 Å². The minimum absolute atomic E-state index is 0.0313. The zero-order valence-corrected chi connectivity index (χ0v) is 17.1. The fraction of sp³-hybridized carbons (Fsp3) is 0.682. The highest BCUT2D eigenvalue weighted by atomic mass is 19.1. The first-order valence-corrected chi connectivity index (χ1v) is 11.0. The van der Waals surface area contributed by atoms with Crippen molar-refractivity contribution in [2.45, 2.75) is 37.8 Å². The van der Waals surface area contributed by atoms with E-state index in [1.807, 2.05) is 17.0 Å². The van der Waals surface area contributed by atoms with Crippen LogP contribution in [0, 0.1) is 11.7 Å². The van der Waals surface area contributed by atoms with Crippen LogP contribution in [0.1, 0.15) is 25.7 Å². The second-order valence-electron chi connectivity index (χ2n) is 8.62. The van der Waals surface area contributed by atoms with Gasteiger partial charge in [-0.15, -0.1) is 0 Å². The molecule has 1 aromatic rings. The van der Waals surface area contributed by atoms with Gasteiger partial charge in [-0.25, -0.2) is 4.39 Å². The molecule has 0 saturated carbocycles. The predicted molar refractivity (Wildman–Crippen MR) is 111 cm³/mol. The number of benzene rings is 1. The number of nitrogens with two attached hydrogens (primary N) is 1. The van der Waals surface area contributed by atoms with Crippen LogP contribution in [-0.4, -0.2) is 80.3 Å². The van der Waals surface area contributed by atoms with Crippen LogP contribution in [0.15, 0.2) is 24.3 Å². The van der Waals surface area contributed by atoms with Crippen LogP contribution in [0.25, 0.3) is 0 Å². The van der Waals surface area contributed by atoms with Crippen molar-refractivity contribution in [1.82, 2.24) is 9.80 Å². The molecule has 160 valence electrons. The van der Waals surface area contributed by atoms with E-state index in [0.29, 0.717) is 6.04 Å². The van der Waals surface area contributed by atoms with Crippen LogP contribution in [0.4, 0.5) is 10.1 Å². The van der Waals surface area contributed by atoms with Crippen molar-refractivity contribution in [1.29, 1.82) is 0 Å². The van der Waals surface area contributed by atoms with Crippen molar-refractivity contribution in [3.8, 4) is 0 Å². The van der Waals surface area contributed by atoms with Gasteiger partial charge in [0.2, 0.25) is 5.91 Å². The first-order chi connectivity index (χ1) is 14.1. The van der Waals surface area contributed by atoms with Crippen molar-refractivity contribution in [2.24, 2.45) is 11.7 Å². The number of rotatable bonds is 3. The summed E-state index contributed by atoms with van der Waals surface area (Å²) in [5.41, 5.74) is 7.35. The number of carbonyl (C=O) groups is 1. The molecule has 29 heavy (non-hydrogen) atoms. The lowest BCUT2D eigenvalue weighted by Crippen LogP contribution is -2.52. The van der Waals surface area contributed by atoms with Gasteiger partial charge < -0.3 is 20.3 Å². The van der Waals surface area contributed by atoms with Gasteiger partial charge in [0.05, 0.1) is 5.92 Å². The molecular formula is C22H33FN4O2. The maximum absolute atomic E-state index is 13.3. The Hall–Kier alpha value is -1.70. The van der Waals surface area contributed by atoms with Gasteiger partial charge in [-0.2, -0.15) is 0 Å². The summed E-state index contributed by atoms with van der Waals surface area (Å²) in [5, 5.41) is 0. The van der Waals surface area contributed by atoms with Crippen LogP contribution < -0.4 is 10.6 Å². The summed E-state index contributed by atoms with van der Waals surface area (Å²) in [6.45, 7) is 6.32. The van der Waals surface area contributed by atoms with Crippen LogP contribution in [0.5, 0.6) is 0 Å². The predicted octanol–water partition coefficient (Wildman–Crippen LogP) is 1.69. The number of hydrogen-bond acceptors (Lipinski definition) is 5. The highest BCUT2D eigenvalue weighted by molar-refractivity contribution is 5.79. The van der Waals surface area contributed by atoms with Gasteiger partial charge in [-0.1, -0.05) is 0 Å². The molecule has 2 atom stereocenters. The van der Waals surface area contributed by atoms with E-state index in [2.05, 4.69) is 9.80 Å². The van der Waals surface area contributed by atoms with E-state index < -0.39 is 0 Å². The number of carbonyl (C=O) groups excluding carboxylic acids is 1. The maximum Gasteiger partial charge on any atom is 0.227 e. The van der Waals surface area contributed by atoms with Crippen molar-refractivity contribution >= 4 is 11.6 Å². The number of likely N-dealkylation sites (tertiary alicyclic amines) is 1. The summed E-state index contributed by atoms with van der Waals surface area (Å²) < 4.78 is 18.7. The van der Waals surface area contributed by atoms with Crippen LogP contribution in [-0.2, 0) is 9.53 Å². The second-order valence-corrected chi connectivity index (χ2v) is 8.62. The molecule has 0 aliphatic carbocycles. The summed E-state index contributed by atoms with van der Waals surface area (Å²) in [6.07, 6.45) is 3.84. The maximum atomic E-state index is 13.3. The monoisotopic (exact) mass is 404 g/mol. The third-order valence-corrected chi connectivity index (χ3v) is 6.65. The van der Waals surface area contributed by atoms with Crippen molar-refractivity contribution in [3.63, 3.8) is 0 Å². The normalized spacial score (nSPS) is 27.7. The first kappa shape index (κ1) is 20.6. The zero-order valence-electron chi connectivity index (χ0n) is 17.1. The molecule has 3 aliphatic heterocycles. The Labute approximate surface area is 172 Å². The Bertz CT molecular complexity index is 672. The highest BCUT2D eigenvalue weighted by Crippen LogP contribution is 2.25. The third kappa shape index (κ3) is 5.08. The van der Waals surface area contributed by atoms with Gasteiger partial charge in [0.1, 0.15) is 5.82 Å². The second kappa shape index (κ2) is 9.41. The largest absolute Gasteiger partial charge is 0.381 e. The SMILES string of the molecule is N[C@H]1CC[C@@H](C(=O)N2CCN(c3ccc(F)cc3)CC2)CN(C2CCOCC2)C1. The average Bonchev–Trinajstić information content (AvgIpc) is 2.96. The van der Waals surface area contributed by atoms with Crippen molar-refractivity contribution in [3.05, 3.63) is 30.1 Å². The minimum Gasteiger partial charge on any atom is -0.381 e. The molecule has 0 bridgehead atoms. The first-order valence-electron chi connectivity index (χ1n) is 11.0. The number of nitrogens with zero attached hydrogens (tertiary/aromatic N) is 3. The Morgan fingerprint density at radius 1 is 0.966 bits per heavy atom.